The Morgan fingerprint density at radius 1 is 1.56 bits per heavy atom. The summed E-state index contributed by atoms with van der Waals surface area (Å²) in [6.45, 7) is 2.37. The molecule has 1 amide bonds. The summed E-state index contributed by atoms with van der Waals surface area (Å²) in [5.74, 6) is 0.124. The quantitative estimate of drug-likeness (QED) is 0.781. The zero-order valence-electron chi connectivity index (χ0n) is 9.32. The highest BCUT2D eigenvalue weighted by molar-refractivity contribution is 5.90. The molecule has 16 heavy (non-hydrogen) atoms. The first-order valence-corrected chi connectivity index (χ1v) is 5.57. The maximum Gasteiger partial charge on any atom is 0.292 e. The molecule has 0 atom stereocenters. The van der Waals surface area contributed by atoms with E-state index in [1.165, 1.54) is 0 Å². The van der Waals surface area contributed by atoms with Crippen LogP contribution in [0.5, 0.6) is 0 Å². The number of nitrogens with one attached hydrogen (secondary N) is 1. The highest BCUT2D eigenvalue weighted by Gasteiger charge is 2.37. The Morgan fingerprint density at radius 2 is 2.25 bits per heavy atom. The Labute approximate surface area is 93.6 Å². The van der Waals surface area contributed by atoms with Crippen molar-refractivity contribution in [1.82, 2.24) is 15.5 Å². The highest BCUT2D eigenvalue weighted by Crippen LogP contribution is 2.35. The molecule has 3 N–H and O–H groups in total. The molecule has 1 aromatic heterocycles. The van der Waals surface area contributed by atoms with Gasteiger partial charge in [0.15, 0.2) is 0 Å². The van der Waals surface area contributed by atoms with Crippen molar-refractivity contribution in [2.45, 2.75) is 38.1 Å². The van der Waals surface area contributed by atoms with Gasteiger partial charge < -0.3 is 15.6 Å². The van der Waals surface area contributed by atoms with Crippen LogP contribution in [0.15, 0.2) is 4.52 Å². The Bertz CT molecular complexity index is 382. The van der Waals surface area contributed by atoms with Gasteiger partial charge >= 0.3 is 0 Å². The molecular formula is C10H16N4O2. The van der Waals surface area contributed by atoms with E-state index in [1.807, 2.05) is 6.92 Å². The van der Waals surface area contributed by atoms with E-state index in [9.17, 15) is 4.79 Å². The number of rotatable bonds is 3. The molecule has 6 nitrogen and oxygen atoms in total. The lowest BCUT2D eigenvalue weighted by Crippen LogP contribution is -2.33. The summed E-state index contributed by atoms with van der Waals surface area (Å²) in [4.78, 5) is 15.5. The van der Waals surface area contributed by atoms with Crippen molar-refractivity contribution >= 4 is 5.91 Å². The molecular weight excluding hydrogens is 208 g/mol. The highest BCUT2D eigenvalue weighted by atomic mass is 16.5. The van der Waals surface area contributed by atoms with Crippen LogP contribution in [0, 0.1) is 0 Å². The van der Waals surface area contributed by atoms with Gasteiger partial charge in [0.1, 0.15) is 0 Å². The van der Waals surface area contributed by atoms with Gasteiger partial charge in [-0.25, -0.2) is 0 Å². The number of carbonyl (C=O) groups is 1. The number of nitrogens with two attached hydrogens (primary N) is 1. The lowest BCUT2D eigenvalue weighted by molar-refractivity contribution is 0.0942. The third kappa shape index (κ3) is 1.92. The molecule has 1 aliphatic carbocycles. The Balaban J connectivity index is 2.16. The van der Waals surface area contributed by atoms with Crippen LogP contribution in [0.4, 0.5) is 0 Å². The summed E-state index contributed by atoms with van der Waals surface area (Å²) in [6.07, 6.45) is 3.80. The van der Waals surface area contributed by atoms with E-state index in [1.54, 1.807) is 0 Å². The number of hydrogen-bond donors (Lipinski definition) is 2. The van der Waals surface area contributed by atoms with E-state index in [-0.39, 0.29) is 11.7 Å². The minimum absolute atomic E-state index is 0.0635. The zero-order chi connectivity index (χ0) is 11.6. The van der Waals surface area contributed by atoms with Crippen molar-refractivity contribution in [3.05, 3.63) is 11.7 Å². The second-order valence-corrected chi connectivity index (χ2v) is 4.15. The van der Waals surface area contributed by atoms with Crippen LogP contribution in [0.1, 0.15) is 49.1 Å². The Morgan fingerprint density at radius 3 is 2.88 bits per heavy atom. The van der Waals surface area contributed by atoms with E-state index in [2.05, 4.69) is 15.5 Å². The van der Waals surface area contributed by atoms with Crippen LogP contribution < -0.4 is 11.1 Å². The predicted molar refractivity (Wildman–Crippen MR) is 56.6 cm³/mol. The summed E-state index contributed by atoms with van der Waals surface area (Å²) >= 11 is 0. The number of amides is 1. The third-order valence-corrected chi connectivity index (χ3v) is 2.89. The minimum Gasteiger partial charge on any atom is -0.349 e. The monoisotopic (exact) mass is 224 g/mol. The fraction of sp³-hybridized carbons (Fsp3) is 0.700. The van der Waals surface area contributed by atoms with E-state index >= 15 is 0 Å². The van der Waals surface area contributed by atoms with Gasteiger partial charge in [0.25, 0.3) is 11.7 Å². The fourth-order valence-corrected chi connectivity index (χ4v) is 1.98. The van der Waals surface area contributed by atoms with E-state index in [0.717, 1.165) is 25.7 Å². The first kappa shape index (κ1) is 11.1. The van der Waals surface area contributed by atoms with Crippen molar-refractivity contribution < 1.29 is 9.32 Å². The molecule has 0 spiro atoms. The summed E-state index contributed by atoms with van der Waals surface area (Å²) in [6, 6.07) is 0. The molecule has 0 bridgehead atoms. The molecule has 2 rings (SSSR count). The van der Waals surface area contributed by atoms with Gasteiger partial charge in [0, 0.05) is 6.54 Å². The zero-order valence-corrected chi connectivity index (χ0v) is 9.32. The number of hydrogen-bond acceptors (Lipinski definition) is 5. The van der Waals surface area contributed by atoms with Gasteiger partial charge in [-0.2, -0.15) is 4.98 Å². The molecule has 1 aromatic rings. The van der Waals surface area contributed by atoms with Crippen molar-refractivity contribution in [1.29, 1.82) is 0 Å². The van der Waals surface area contributed by atoms with Crippen LogP contribution >= 0.6 is 0 Å². The number of carbonyl (C=O) groups excluding carboxylic acids is 1. The lowest BCUT2D eigenvalue weighted by atomic mass is 9.99. The second kappa shape index (κ2) is 4.21. The van der Waals surface area contributed by atoms with Crippen molar-refractivity contribution in [3.63, 3.8) is 0 Å². The first-order chi connectivity index (χ1) is 7.65. The predicted octanol–water partition coefficient (Wildman–Crippen LogP) is 0.547. The average Bonchev–Trinajstić information content (AvgIpc) is 2.86. The normalized spacial score (nSPS) is 18.6. The van der Waals surface area contributed by atoms with Crippen molar-refractivity contribution in [2.75, 3.05) is 6.54 Å². The van der Waals surface area contributed by atoms with Gasteiger partial charge in [-0.05, 0) is 19.8 Å². The summed E-state index contributed by atoms with van der Waals surface area (Å²) in [7, 11) is 0. The molecule has 0 saturated heterocycles. The summed E-state index contributed by atoms with van der Waals surface area (Å²) in [5.41, 5.74) is 5.61. The maximum absolute atomic E-state index is 11.4. The number of nitrogens with zero attached hydrogens (tertiary/aromatic N) is 2. The molecule has 0 aromatic carbocycles. The van der Waals surface area contributed by atoms with E-state index in [4.69, 9.17) is 10.3 Å². The van der Waals surface area contributed by atoms with Crippen molar-refractivity contribution in [3.8, 4) is 0 Å². The first-order valence-electron chi connectivity index (χ1n) is 5.57. The molecule has 0 radical (unpaired) electrons. The molecule has 88 valence electrons. The van der Waals surface area contributed by atoms with E-state index in [0.29, 0.717) is 12.4 Å². The van der Waals surface area contributed by atoms with Crippen LogP contribution in [0.2, 0.25) is 0 Å². The van der Waals surface area contributed by atoms with Gasteiger partial charge in [-0.15, -0.1) is 0 Å². The number of aromatic nitrogens is 2. The maximum atomic E-state index is 11.4. The summed E-state index contributed by atoms with van der Waals surface area (Å²) < 4.78 is 5.07. The SMILES string of the molecule is CCNC(=O)c1noc(C2(N)CCCC2)n1. The van der Waals surface area contributed by atoms with Gasteiger partial charge in [0.2, 0.25) is 5.89 Å². The van der Waals surface area contributed by atoms with Crippen LogP contribution in [-0.2, 0) is 5.54 Å². The van der Waals surface area contributed by atoms with Gasteiger partial charge in [0.05, 0.1) is 5.54 Å². The lowest BCUT2D eigenvalue weighted by Gasteiger charge is -2.16. The largest absolute Gasteiger partial charge is 0.349 e. The average molecular weight is 224 g/mol. The Kier molecular flexibility index (Phi) is 2.91. The molecule has 6 heteroatoms. The Hall–Kier alpha value is -1.43. The van der Waals surface area contributed by atoms with E-state index < -0.39 is 5.54 Å². The van der Waals surface area contributed by atoms with Gasteiger partial charge in [-0.1, -0.05) is 18.0 Å². The summed E-state index contributed by atoms with van der Waals surface area (Å²) in [5, 5.41) is 6.26. The molecule has 1 fully saturated rings. The molecule has 0 unspecified atom stereocenters. The topological polar surface area (TPSA) is 94.0 Å². The molecule has 0 aliphatic heterocycles. The standard InChI is InChI=1S/C10H16N4O2/c1-2-12-8(15)7-13-9(16-14-7)10(11)5-3-4-6-10/h2-6,11H2,1H3,(H,12,15). The van der Waals surface area contributed by atoms with Crippen LogP contribution in [0.3, 0.4) is 0 Å². The smallest absolute Gasteiger partial charge is 0.292 e. The molecule has 1 aliphatic rings. The van der Waals surface area contributed by atoms with Crippen LogP contribution in [-0.4, -0.2) is 22.6 Å². The third-order valence-electron chi connectivity index (χ3n) is 2.89. The molecule has 1 saturated carbocycles. The fourth-order valence-electron chi connectivity index (χ4n) is 1.98. The van der Waals surface area contributed by atoms with Crippen molar-refractivity contribution in [2.24, 2.45) is 5.73 Å². The minimum atomic E-state index is -0.530. The second-order valence-electron chi connectivity index (χ2n) is 4.15. The van der Waals surface area contributed by atoms with Gasteiger partial charge in [-0.3, -0.25) is 4.79 Å². The molecule has 1 heterocycles. The van der Waals surface area contributed by atoms with Crippen LogP contribution in [0.25, 0.3) is 0 Å².